The van der Waals surface area contributed by atoms with E-state index in [9.17, 15) is 9.59 Å². The number of anilines is 1. The Labute approximate surface area is 104 Å². The van der Waals surface area contributed by atoms with E-state index in [-0.39, 0.29) is 6.54 Å². The monoisotopic (exact) mass is 250 g/mol. The lowest BCUT2D eigenvalue weighted by Gasteiger charge is -2.28. The van der Waals surface area contributed by atoms with Crippen molar-refractivity contribution in [1.82, 2.24) is 0 Å². The summed E-state index contributed by atoms with van der Waals surface area (Å²) >= 11 is 0. The van der Waals surface area contributed by atoms with Crippen molar-refractivity contribution >= 4 is 17.6 Å². The summed E-state index contributed by atoms with van der Waals surface area (Å²) in [7, 11) is 0. The van der Waals surface area contributed by atoms with Gasteiger partial charge in [-0.2, -0.15) is 0 Å². The molecule has 0 bridgehead atoms. The second-order valence-corrected chi connectivity index (χ2v) is 3.95. The zero-order chi connectivity index (χ0) is 13.1. The number of hydrogen-bond acceptors (Lipinski definition) is 4. The molecule has 0 saturated heterocycles. The van der Waals surface area contributed by atoms with E-state index in [1.807, 2.05) is 6.07 Å². The Balaban J connectivity index is 2.37. The molecule has 6 heteroatoms. The van der Waals surface area contributed by atoms with Gasteiger partial charge in [-0.1, -0.05) is 6.07 Å². The van der Waals surface area contributed by atoms with Crippen LogP contribution in [-0.2, 0) is 16.0 Å². The molecule has 18 heavy (non-hydrogen) atoms. The maximum absolute atomic E-state index is 11.6. The number of carboxylic acids is 1. The number of ether oxygens (including phenoxy) is 1. The number of rotatable bonds is 2. The van der Waals surface area contributed by atoms with Gasteiger partial charge in [0.15, 0.2) is 0 Å². The maximum Gasteiger partial charge on any atom is 0.394 e. The van der Waals surface area contributed by atoms with Gasteiger partial charge in [-0.15, -0.1) is 0 Å². The summed E-state index contributed by atoms with van der Waals surface area (Å²) < 4.78 is 5.40. The van der Waals surface area contributed by atoms with Gasteiger partial charge in [-0.25, -0.2) is 4.79 Å². The number of amides is 1. The summed E-state index contributed by atoms with van der Waals surface area (Å²) in [6, 6.07) is 5.35. The summed E-state index contributed by atoms with van der Waals surface area (Å²) in [5.74, 6) is -1.88. The highest BCUT2D eigenvalue weighted by Crippen LogP contribution is 2.32. The first-order valence-corrected chi connectivity index (χ1v) is 5.64. The molecule has 0 spiro atoms. The van der Waals surface area contributed by atoms with Crippen molar-refractivity contribution in [3.63, 3.8) is 0 Å². The fourth-order valence-electron chi connectivity index (χ4n) is 1.91. The Hall–Kier alpha value is -2.08. The topological polar surface area (TPSA) is 92.9 Å². The predicted molar refractivity (Wildman–Crippen MR) is 64.7 cm³/mol. The number of nitrogens with two attached hydrogens (primary N) is 1. The molecule has 0 saturated carbocycles. The van der Waals surface area contributed by atoms with Crippen LogP contribution >= 0.6 is 0 Å². The van der Waals surface area contributed by atoms with Crippen molar-refractivity contribution in [3.8, 4) is 5.75 Å². The van der Waals surface area contributed by atoms with E-state index in [1.54, 1.807) is 12.1 Å². The Morgan fingerprint density at radius 3 is 2.89 bits per heavy atom. The quantitative estimate of drug-likeness (QED) is 0.720. The molecule has 0 atom stereocenters. The van der Waals surface area contributed by atoms with Crippen molar-refractivity contribution in [2.24, 2.45) is 5.73 Å². The number of benzene rings is 1. The van der Waals surface area contributed by atoms with Crippen LogP contribution in [0.2, 0.25) is 0 Å². The van der Waals surface area contributed by atoms with Crippen LogP contribution in [0, 0.1) is 0 Å². The van der Waals surface area contributed by atoms with E-state index in [0.717, 1.165) is 5.56 Å². The number of aliphatic carboxylic acids is 1. The second-order valence-electron chi connectivity index (χ2n) is 3.95. The van der Waals surface area contributed by atoms with Crippen molar-refractivity contribution in [2.45, 2.75) is 6.42 Å². The number of carboxylic acid groups (broad SMARTS) is 1. The zero-order valence-corrected chi connectivity index (χ0v) is 9.76. The van der Waals surface area contributed by atoms with E-state index >= 15 is 0 Å². The number of hydrogen-bond donors (Lipinski definition) is 2. The Bertz CT molecular complexity index is 487. The van der Waals surface area contributed by atoms with Crippen LogP contribution in [0.1, 0.15) is 5.56 Å². The van der Waals surface area contributed by atoms with E-state index < -0.39 is 11.9 Å². The molecule has 6 nitrogen and oxygen atoms in total. The zero-order valence-electron chi connectivity index (χ0n) is 9.76. The molecular weight excluding hydrogens is 236 g/mol. The minimum Gasteiger partial charge on any atom is -0.490 e. The van der Waals surface area contributed by atoms with Gasteiger partial charge in [-0.3, -0.25) is 9.69 Å². The first-order chi connectivity index (χ1) is 8.63. The van der Waals surface area contributed by atoms with Crippen molar-refractivity contribution in [1.29, 1.82) is 0 Å². The van der Waals surface area contributed by atoms with Crippen LogP contribution in [0.25, 0.3) is 0 Å². The van der Waals surface area contributed by atoms with Crippen molar-refractivity contribution in [2.75, 3.05) is 24.6 Å². The highest BCUT2D eigenvalue weighted by atomic mass is 16.5. The van der Waals surface area contributed by atoms with E-state index in [2.05, 4.69) is 0 Å². The van der Waals surface area contributed by atoms with Gasteiger partial charge in [0.05, 0.1) is 12.2 Å². The minimum absolute atomic E-state index is 0.240. The second kappa shape index (κ2) is 5.05. The van der Waals surface area contributed by atoms with Gasteiger partial charge < -0.3 is 15.6 Å². The van der Waals surface area contributed by atoms with Gasteiger partial charge in [-0.05, 0) is 30.7 Å². The molecule has 1 amide bonds. The summed E-state index contributed by atoms with van der Waals surface area (Å²) in [6.45, 7) is 1.03. The molecule has 0 aromatic heterocycles. The molecule has 1 aromatic carbocycles. The number of carbonyl (C=O) groups is 2. The summed E-state index contributed by atoms with van der Waals surface area (Å²) in [5.41, 5.74) is 6.92. The van der Waals surface area contributed by atoms with Gasteiger partial charge in [0, 0.05) is 0 Å². The molecule has 1 aromatic rings. The van der Waals surface area contributed by atoms with Crippen LogP contribution in [0.3, 0.4) is 0 Å². The van der Waals surface area contributed by atoms with E-state index in [0.29, 0.717) is 31.0 Å². The molecule has 3 N–H and O–H groups in total. The van der Waals surface area contributed by atoms with Gasteiger partial charge in [0.25, 0.3) is 0 Å². The molecule has 1 heterocycles. The highest BCUT2D eigenvalue weighted by molar-refractivity contribution is 6.37. The first kappa shape index (κ1) is 12.4. The van der Waals surface area contributed by atoms with Crippen LogP contribution in [0.4, 0.5) is 5.69 Å². The SMILES string of the molecule is NCCc1ccc2c(c1)N(C(=O)C(=O)O)CCO2. The molecule has 2 rings (SSSR count). The molecular formula is C12H14N2O4. The Morgan fingerprint density at radius 1 is 1.44 bits per heavy atom. The van der Waals surface area contributed by atoms with Crippen LogP contribution < -0.4 is 15.4 Å². The minimum atomic E-state index is -1.47. The molecule has 1 aliphatic rings. The average molecular weight is 250 g/mol. The normalized spacial score (nSPS) is 13.7. The molecule has 0 radical (unpaired) electrons. The molecule has 0 aliphatic carbocycles. The highest BCUT2D eigenvalue weighted by Gasteiger charge is 2.28. The average Bonchev–Trinajstić information content (AvgIpc) is 2.37. The fraction of sp³-hybridized carbons (Fsp3) is 0.333. The largest absolute Gasteiger partial charge is 0.490 e. The third-order valence-corrected chi connectivity index (χ3v) is 2.75. The lowest BCUT2D eigenvalue weighted by atomic mass is 10.1. The van der Waals surface area contributed by atoms with Crippen LogP contribution in [0.5, 0.6) is 5.75 Å². The van der Waals surface area contributed by atoms with E-state index in [4.69, 9.17) is 15.6 Å². The maximum atomic E-state index is 11.6. The smallest absolute Gasteiger partial charge is 0.394 e. The van der Waals surface area contributed by atoms with Crippen LogP contribution in [0.15, 0.2) is 18.2 Å². The van der Waals surface area contributed by atoms with Gasteiger partial charge in [0.2, 0.25) is 0 Å². The predicted octanol–water partition coefficient (Wildman–Crippen LogP) is -0.00220. The molecule has 0 unspecified atom stereocenters. The first-order valence-electron chi connectivity index (χ1n) is 5.64. The summed E-state index contributed by atoms with van der Waals surface area (Å²) in [4.78, 5) is 23.6. The lowest BCUT2D eigenvalue weighted by molar-refractivity contribution is -0.148. The number of nitrogens with zero attached hydrogens (tertiary/aromatic N) is 1. The molecule has 1 aliphatic heterocycles. The van der Waals surface area contributed by atoms with Crippen LogP contribution in [-0.4, -0.2) is 36.7 Å². The number of fused-ring (bicyclic) bond motifs is 1. The fourth-order valence-corrected chi connectivity index (χ4v) is 1.91. The Morgan fingerprint density at radius 2 is 2.22 bits per heavy atom. The standard InChI is InChI=1S/C12H14N2O4/c13-4-3-8-1-2-10-9(7-8)14(5-6-18-10)11(15)12(16)17/h1-2,7H,3-6,13H2,(H,16,17). The summed E-state index contributed by atoms with van der Waals surface area (Å²) in [6.07, 6.45) is 0.669. The van der Waals surface area contributed by atoms with Gasteiger partial charge in [0.1, 0.15) is 12.4 Å². The lowest BCUT2D eigenvalue weighted by Crippen LogP contribution is -2.41. The van der Waals surface area contributed by atoms with E-state index in [1.165, 1.54) is 4.90 Å². The third-order valence-electron chi connectivity index (χ3n) is 2.75. The van der Waals surface area contributed by atoms with Crippen molar-refractivity contribution in [3.05, 3.63) is 23.8 Å². The van der Waals surface area contributed by atoms with Gasteiger partial charge >= 0.3 is 11.9 Å². The molecule has 0 fully saturated rings. The Kier molecular flexibility index (Phi) is 3.47. The number of carbonyl (C=O) groups excluding carboxylic acids is 1. The summed E-state index contributed by atoms with van der Waals surface area (Å²) in [5, 5.41) is 8.78. The van der Waals surface area contributed by atoms with Crippen molar-refractivity contribution < 1.29 is 19.4 Å². The third kappa shape index (κ3) is 2.28. The molecule has 96 valence electrons.